The van der Waals surface area contributed by atoms with Crippen LogP contribution in [0, 0.1) is 6.92 Å². The summed E-state index contributed by atoms with van der Waals surface area (Å²) >= 11 is 6.19. The number of halogens is 1. The molecule has 3 nitrogen and oxygen atoms in total. The van der Waals surface area contributed by atoms with Crippen LogP contribution in [0.1, 0.15) is 37.4 Å². The highest BCUT2D eigenvalue weighted by molar-refractivity contribution is 6.35. The third-order valence-corrected chi connectivity index (χ3v) is 5.10. The van der Waals surface area contributed by atoms with Gasteiger partial charge in [-0.2, -0.15) is 0 Å². The Labute approximate surface area is 129 Å². The second-order valence-corrected chi connectivity index (χ2v) is 6.61. The molecule has 0 bridgehead atoms. The summed E-state index contributed by atoms with van der Waals surface area (Å²) in [7, 11) is 0. The van der Waals surface area contributed by atoms with Gasteiger partial charge in [0.15, 0.2) is 5.43 Å². The molecular weight excluding hydrogens is 284 g/mol. The monoisotopic (exact) mass is 305 g/mol. The molecule has 3 rings (SSSR count). The maximum Gasteiger partial charge on any atom is 0.198 e. The highest BCUT2D eigenvalue weighted by Crippen LogP contribution is 2.20. The molecular formula is C17H22ClN2O+. The van der Waals surface area contributed by atoms with Crippen LogP contribution < -0.4 is 10.3 Å². The number of nitrogens with one attached hydrogen (secondary N) is 2. The van der Waals surface area contributed by atoms with Crippen LogP contribution in [-0.2, 0) is 6.54 Å². The van der Waals surface area contributed by atoms with Gasteiger partial charge in [0.2, 0.25) is 0 Å². The number of hydrogen-bond donors (Lipinski definition) is 2. The van der Waals surface area contributed by atoms with E-state index in [9.17, 15) is 4.79 Å². The molecule has 2 unspecified atom stereocenters. The summed E-state index contributed by atoms with van der Waals surface area (Å²) < 4.78 is 0. The SMILES string of the molecule is Cc1[nH]c2c(Cl)cccc2c(=O)c1C[NH+]1CCCCC1C. The Morgan fingerprint density at radius 2 is 2.19 bits per heavy atom. The lowest BCUT2D eigenvalue weighted by atomic mass is 10.0. The number of aryl methyl sites for hydroxylation is 1. The number of piperidine rings is 1. The van der Waals surface area contributed by atoms with Gasteiger partial charge in [-0.05, 0) is 45.2 Å². The molecule has 2 atom stereocenters. The van der Waals surface area contributed by atoms with Crippen LogP contribution >= 0.6 is 11.6 Å². The smallest absolute Gasteiger partial charge is 0.198 e. The molecule has 21 heavy (non-hydrogen) atoms. The van der Waals surface area contributed by atoms with Gasteiger partial charge in [-0.25, -0.2) is 0 Å². The first-order valence-corrected chi connectivity index (χ1v) is 8.10. The van der Waals surface area contributed by atoms with Gasteiger partial charge in [-0.15, -0.1) is 0 Å². The van der Waals surface area contributed by atoms with E-state index in [1.54, 1.807) is 0 Å². The van der Waals surface area contributed by atoms with Gasteiger partial charge in [0, 0.05) is 11.1 Å². The summed E-state index contributed by atoms with van der Waals surface area (Å²) in [5.74, 6) is 0. The van der Waals surface area contributed by atoms with E-state index in [2.05, 4.69) is 11.9 Å². The number of quaternary nitrogens is 1. The quantitative estimate of drug-likeness (QED) is 0.878. The topological polar surface area (TPSA) is 37.3 Å². The Hall–Kier alpha value is -1.32. The normalized spacial score (nSPS) is 22.6. The van der Waals surface area contributed by atoms with Gasteiger partial charge in [0.1, 0.15) is 6.54 Å². The number of H-pyrrole nitrogens is 1. The van der Waals surface area contributed by atoms with Gasteiger partial charge in [0.25, 0.3) is 0 Å². The van der Waals surface area contributed by atoms with E-state index in [4.69, 9.17) is 11.6 Å². The molecule has 1 aliphatic heterocycles. The van der Waals surface area contributed by atoms with E-state index in [1.165, 1.54) is 24.2 Å². The van der Waals surface area contributed by atoms with Crippen LogP contribution in [0.3, 0.4) is 0 Å². The van der Waals surface area contributed by atoms with Crippen LogP contribution in [0.4, 0.5) is 0 Å². The van der Waals surface area contributed by atoms with Crippen molar-refractivity contribution in [1.29, 1.82) is 0 Å². The lowest BCUT2D eigenvalue weighted by molar-refractivity contribution is -0.942. The predicted molar refractivity (Wildman–Crippen MR) is 87.2 cm³/mol. The number of hydrogen-bond acceptors (Lipinski definition) is 1. The molecule has 1 fully saturated rings. The molecule has 0 radical (unpaired) electrons. The Bertz CT molecular complexity index is 723. The van der Waals surface area contributed by atoms with Crippen molar-refractivity contribution >= 4 is 22.5 Å². The number of pyridine rings is 1. The van der Waals surface area contributed by atoms with Crippen molar-refractivity contribution in [3.05, 3.63) is 44.7 Å². The molecule has 2 N–H and O–H groups in total. The van der Waals surface area contributed by atoms with E-state index in [-0.39, 0.29) is 5.43 Å². The number of fused-ring (bicyclic) bond motifs is 1. The number of aromatic nitrogens is 1. The fourth-order valence-corrected chi connectivity index (χ4v) is 3.61. The average molecular weight is 306 g/mol. The summed E-state index contributed by atoms with van der Waals surface area (Å²) in [6.07, 6.45) is 3.83. The number of aromatic amines is 1. The fraction of sp³-hybridized carbons (Fsp3) is 0.471. The van der Waals surface area contributed by atoms with Crippen molar-refractivity contribution in [3.8, 4) is 0 Å². The highest BCUT2D eigenvalue weighted by Gasteiger charge is 2.24. The predicted octanol–water partition coefficient (Wildman–Crippen LogP) is 2.45. The van der Waals surface area contributed by atoms with Crippen molar-refractivity contribution in [2.75, 3.05) is 6.54 Å². The minimum absolute atomic E-state index is 0.133. The molecule has 1 aromatic carbocycles. The van der Waals surface area contributed by atoms with E-state index in [1.807, 2.05) is 25.1 Å². The maximum absolute atomic E-state index is 12.8. The summed E-state index contributed by atoms with van der Waals surface area (Å²) in [6, 6.07) is 6.15. The Balaban J connectivity index is 2.04. The molecule has 0 amide bonds. The first-order valence-electron chi connectivity index (χ1n) is 7.72. The van der Waals surface area contributed by atoms with Crippen molar-refractivity contribution in [3.63, 3.8) is 0 Å². The summed E-state index contributed by atoms with van der Waals surface area (Å²) in [5, 5.41) is 1.31. The van der Waals surface area contributed by atoms with Crippen LogP contribution in [0.15, 0.2) is 23.0 Å². The van der Waals surface area contributed by atoms with Crippen molar-refractivity contribution < 1.29 is 4.90 Å². The Kier molecular flexibility index (Phi) is 4.05. The van der Waals surface area contributed by atoms with Crippen molar-refractivity contribution in [2.45, 2.75) is 45.7 Å². The number of likely N-dealkylation sites (tertiary alicyclic amines) is 1. The Morgan fingerprint density at radius 3 is 2.95 bits per heavy atom. The zero-order valence-corrected chi connectivity index (χ0v) is 13.4. The molecule has 1 aromatic heterocycles. The second-order valence-electron chi connectivity index (χ2n) is 6.20. The molecule has 1 saturated heterocycles. The van der Waals surface area contributed by atoms with E-state index in [0.29, 0.717) is 16.5 Å². The van der Waals surface area contributed by atoms with Crippen molar-refractivity contribution in [1.82, 2.24) is 4.98 Å². The molecule has 2 heterocycles. The van der Waals surface area contributed by atoms with Gasteiger partial charge in [-0.1, -0.05) is 17.7 Å². The highest BCUT2D eigenvalue weighted by atomic mass is 35.5. The maximum atomic E-state index is 12.8. The zero-order valence-electron chi connectivity index (χ0n) is 12.6. The lowest BCUT2D eigenvalue weighted by Gasteiger charge is -2.30. The molecule has 112 valence electrons. The number of para-hydroxylation sites is 1. The first kappa shape index (κ1) is 14.6. The second kappa shape index (κ2) is 5.82. The van der Waals surface area contributed by atoms with E-state index < -0.39 is 0 Å². The molecule has 2 aromatic rings. The van der Waals surface area contributed by atoms with Crippen LogP contribution in [-0.4, -0.2) is 17.6 Å². The standard InChI is InChI=1S/C17H21ClN2O/c1-11-6-3-4-9-20(11)10-14-12(2)19-16-13(17(14)21)7-5-8-15(16)18/h5,7-8,11H,3-4,6,9-10H2,1-2H3,(H,19,21)/p+1. The average Bonchev–Trinajstić information content (AvgIpc) is 2.46. The Morgan fingerprint density at radius 1 is 1.38 bits per heavy atom. The van der Waals surface area contributed by atoms with Crippen molar-refractivity contribution in [2.24, 2.45) is 0 Å². The van der Waals surface area contributed by atoms with Gasteiger partial charge >= 0.3 is 0 Å². The minimum atomic E-state index is 0.133. The zero-order chi connectivity index (χ0) is 15.0. The molecule has 0 saturated carbocycles. The molecule has 4 heteroatoms. The van der Waals surface area contributed by atoms with Gasteiger partial charge in [-0.3, -0.25) is 4.79 Å². The van der Waals surface area contributed by atoms with Gasteiger partial charge < -0.3 is 9.88 Å². The van der Waals surface area contributed by atoms with Crippen LogP contribution in [0.2, 0.25) is 5.02 Å². The summed E-state index contributed by atoms with van der Waals surface area (Å²) in [5.41, 5.74) is 2.75. The first-order chi connectivity index (χ1) is 10.1. The number of benzene rings is 1. The molecule has 0 spiro atoms. The van der Waals surface area contributed by atoms with E-state index >= 15 is 0 Å². The third kappa shape index (κ3) is 2.72. The summed E-state index contributed by atoms with van der Waals surface area (Å²) in [6.45, 7) is 6.24. The summed E-state index contributed by atoms with van der Waals surface area (Å²) in [4.78, 5) is 17.6. The van der Waals surface area contributed by atoms with Gasteiger partial charge in [0.05, 0.1) is 28.7 Å². The lowest BCUT2D eigenvalue weighted by Crippen LogP contribution is -3.15. The molecule has 1 aliphatic rings. The largest absolute Gasteiger partial charge is 0.357 e. The minimum Gasteiger partial charge on any atom is -0.357 e. The third-order valence-electron chi connectivity index (χ3n) is 4.78. The van der Waals surface area contributed by atoms with E-state index in [0.717, 1.165) is 29.9 Å². The number of rotatable bonds is 2. The molecule has 0 aliphatic carbocycles. The van der Waals surface area contributed by atoms with Crippen LogP contribution in [0.25, 0.3) is 10.9 Å². The fourth-order valence-electron chi connectivity index (χ4n) is 3.39. The van der Waals surface area contributed by atoms with Crippen LogP contribution in [0.5, 0.6) is 0 Å².